The lowest BCUT2D eigenvalue weighted by Gasteiger charge is -2.48. The average Bonchev–Trinajstić information content (AvgIpc) is 1.76. The van der Waals surface area contributed by atoms with Crippen molar-refractivity contribution in [3.8, 4) is 0 Å². The van der Waals surface area contributed by atoms with Crippen LogP contribution >= 0.6 is 0 Å². The first-order chi connectivity index (χ1) is 47.0. The zero-order chi connectivity index (χ0) is 68.4. The van der Waals surface area contributed by atoms with Crippen LogP contribution in [0.25, 0.3) is 0 Å². The molecule has 31 nitrogen and oxygen atoms in total. The van der Waals surface area contributed by atoms with Crippen LogP contribution in [0.5, 0.6) is 0 Å². The van der Waals surface area contributed by atoms with Gasteiger partial charge in [-0.25, -0.2) is 28.8 Å². The van der Waals surface area contributed by atoms with Gasteiger partial charge in [-0.05, 0) is 79.2 Å². The lowest BCUT2D eigenvalue weighted by Crippen LogP contribution is -2.69. The highest BCUT2D eigenvalue weighted by Crippen LogP contribution is 2.38. The van der Waals surface area contributed by atoms with Gasteiger partial charge in [-0.2, -0.15) is 0 Å². The molecule has 1 aliphatic carbocycles. The van der Waals surface area contributed by atoms with Crippen molar-refractivity contribution in [3.63, 3.8) is 0 Å². The zero-order valence-corrected chi connectivity index (χ0v) is 52.3. The molecule has 3 heterocycles. The number of carbonyl (C=O) groups excluding carboxylic acids is 6. The summed E-state index contributed by atoms with van der Waals surface area (Å²) in [7, 11) is 1.34. The summed E-state index contributed by atoms with van der Waals surface area (Å²) in [6.45, 7) is -1.32. The summed E-state index contributed by atoms with van der Waals surface area (Å²) in [5, 5.41) is 15.9. The van der Waals surface area contributed by atoms with E-state index in [1.807, 2.05) is 0 Å². The van der Waals surface area contributed by atoms with E-state index in [9.17, 15) is 28.8 Å². The fraction of sp³-hybridized carbons (Fsp3) is 0.364. The van der Waals surface area contributed by atoms with Crippen molar-refractivity contribution in [1.29, 1.82) is 0 Å². The monoisotopic (exact) mass is 1340 g/mol. The third-order valence-corrected chi connectivity index (χ3v) is 16.0. The number of benzene rings is 6. The molecule has 6 aromatic rings. The molecule has 19 atom stereocenters. The minimum atomic E-state index is -1.91. The maximum Gasteiger partial charge on any atom is 0.412 e. The molecule has 10 rings (SSSR count). The van der Waals surface area contributed by atoms with Crippen molar-refractivity contribution in [3.05, 3.63) is 182 Å². The topological polar surface area (TPSA) is 451 Å². The molecule has 4 fully saturated rings. The third-order valence-electron chi connectivity index (χ3n) is 16.0. The van der Waals surface area contributed by atoms with Crippen LogP contribution < -0.4 is 66.3 Å². The molecular formula is C66H78N12O19. The minimum absolute atomic E-state index is 0.154. The van der Waals surface area contributed by atoms with E-state index in [2.05, 4.69) is 31.9 Å². The predicted octanol–water partition coefficient (Wildman–Crippen LogP) is 5.30. The zero-order valence-electron chi connectivity index (χ0n) is 52.3. The number of ether oxygens (including phenoxy) is 13. The van der Waals surface area contributed by atoms with E-state index in [-0.39, 0.29) is 18.7 Å². The standard InChI is InChI=1S/C66H78N12O19/c1-85-51-44(33-67)87-59(47(71)54(51)95-64(82)76-39-26-14-5-15-27-39)91-53-46(35-86-61(79)73-36-20-8-2-9-21-36)89-60(57(53)97-66(84)78-41-30-18-7-19-31-41)92-56-49(42(69)32-43(70)50(56)93-62(80)74-37-22-10-3-11-23-37)90-58-48(72)55(96-65(83)77-40-28-16-6-17-29-40)52(45(34-68)88-58)94-63(81)75-38-24-12-4-13-25-38/h2-31,42-60H,32-35,67-72H2,1H3,(H,73,79)(H,74,80)(H,75,81)(H,76,82)(H,77,83)(H,78,84). The van der Waals surface area contributed by atoms with Crippen molar-refractivity contribution < 1.29 is 90.3 Å². The molecule has 1 saturated carbocycles. The minimum Gasteiger partial charge on any atom is -0.446 e. The molecule has 19 unspecified atom stereocenters. The first kappa shape index (κ1) is 70.2. The fourth-order valence-electron chi connectivity index (χ4n) is 11.4. The van der Waals surface area contributed by atoms with E-state index in [0.29, 0.717) is 28.4 Å². The van der Waals surface area contributed by atoms with Crippen molar-refractivity contribution in [2.24, 2.45) is 34.4 Å². The highest BCUT2D eigenvalue weighted by Gasteiger charge is 2.59. The van der Waals surface area contributed by atoms with Crippen molar-refractivity contribution in [1.82, 2.24) is 0 Å². The summed E-state index contributed by atoms with van der Waals surface area (Å²) >= 11 is 0. The molecule has 0 radical (unpaired) electrons. The molecule has 3 saturated heterocycles. The van der Waals surface area contributed by atoms with Gasteiger partial charge in [0.25, 0.3) is 0 Å². The van der Waals surface area contributed by atoms with Crippen LogP contribution in [-0.2, 0) is 61.6 Å². The van der Waals surface area contributed by atoms with E-state index in [1.165, 1.54) is 7.11 Å². The Kier molecular flexibility index (Phi) is 24.5. The second-order valence-corrected chi connectivity index (χ2v) is 22.7. The molecule has 516 valence electrons. The third kappa shape index (κ3) is 18.7. The second kappa shape index (κ2) is 33.9. The van der Waals surface area contributed by atoms with Gasteiger partial charge in [-0.1, -0.05) is 109 Å². The molecule has 0 spiro atoms. The highest BCUT2D eigenvalue weighted by molar-refractivity contribution is 5.88. The van der Waals surface area contributed by atoms with Gasteiger partial charge in [0.05, 0.1) is 12.1 Å². The summed E-state index contributed by atoms with van der Waals surface area (Å²) in [5.74, 6) is 0. The van der Waals surface area contributed by atoms with E-state index in [0.717, 1.165) is 0 Å². The second-order valence-electron chi connectivity index (χ2n) is 22.7. The molecule has 31 heteroatoms. The van der Waals surface area contributed by atoms with Gasteiger partial charge in [-0.3, -0.25) is 31.9 Å². The number of methoxy groups -OCH3 is 1. The number of para-hydroxylation sites is 6. The number of hydrogen-bond donors (Lipinski definition) is 12. The molecule has 97 heavy (non-hydrogen) atoms. The van der Waals surface area contributed by atoms with Crippen molar-refractivity contribution in [2.45, 2.75) is 123 Å². The highest BCUT2D eigenvalue weighted by atomic mass is 16.8. The van der Waals surface area contributed by atoms with Gasteiger partial charge in [-0.15, -0.1) is 0 Å². The SMILES string of the molecule is COC1C(CN)OC(OC2C(COC(=O)Nc3ccccc3)OC(OC3C(OC(=O)Nc4ccccc4)C(N)CC(N)C3OC3OC(CN)C(OC(=O)Nc4ccccc4)C(OC(=O)Nc4ccccc4)C3N)C2OC(=O)Nc2ccccc2)C(N)C1OC(=O)Nc1ccccc1. The number of carbonyl (C=O) groups is 6. The average molecular weight is 1340 g/mol. The Morgan fingerprint density at radius 1 is 0.351 bits per heavy atom. The smallest absolute Gasteiger partial charge is 0.412 e. The van der Waals surface area contributed by atoms with E-state index in [4.69, 9.17) is 96.0 Å². The Bertz CT molecular complexity index is 3500. The number of anilines is 6. The number of nitrogens with one attached hydrogen (secondary N) is 6. The van der Waals surface area contributed by atoms with Gasteiger partial charge in [0.15, 0.2) is 43.3 Å². The number of rotatable bonds is 22. The lowest BCUT2D eigenvalue weighted by molar-refractivity contribution is -0.305. The van der Waals surface area contributed by atoms with Crippen LogP contribution in [0, 0.1) is 0 Å². The summed E-state index contributed by atoms with van der Waals surface area (Å²) in [6, 6.07) is 44.6. The molecule has 4 aliphatic rings. The Labute approximate surface area is 556 Å². The summed E-state index contributed by atoms with van der Waals surface area (Å²) in [6.07, 6.45) is -29.3. The Balaban J connectivity index is 1.02. The molecule has 6 amide bonds. The van der Waals surface area contributed by atoms with Gasteiger partial charge >= 0.3 is 36.6 Å². The molecule has 3 aliphatic heterocycles. The molecule has 0 aromatic heterocycles. The molecule has 0 bridgehead atoms. The predicted molar refractivity (Wildman–Crippen MR) is 349 cm³/mol. The van der Waals surface area contributed by atoms with Gasteiger partial charge < -0.3 is 96.0 Å². The molecular weight excluding hydrogens is 1260 g/mol. The first-order valence-corrected chi connectivity index (χ1v) is 31.0. The van der Waals surface area contributed by atoms with E-state index >= 15 is 0 Å². The molecule has 6 aromatic carbocycles. The van der Waals surface area contributed by atoms with Gasteiger partial charge in [0.2, 0.25) is 0 Å². The van der Waals surface area contributed by atoms with Crippen LogP contribution in [0.3, 0.4) is 0 Å². The van der Waals surface area contributed by atoms with Gasteiger partial charge in [0, 0.05) is 66.4 Å². The van der Waals surface area contributed by atoms with Crippen LogP contribution in [-0.4, -0.2) is 180 Å². The summed E-state index contributed by atoms with van der Waals surface area (Å²) < 4.78 is 82.2. The number of amides is 6. The van der Waals surface area contributed by atoms with Crippen molar-refractivity contribution >= 4 is 70.7 Å². The summed E-state index contributed by atoms with van der Waals surface area (Å²) in [4.78, 5) is 83.6. The Hall–Kier alpha value is -9.58. The van der Waals surface area contributed by atoms with E-state index < -0.39 is 166 Å². The van der Waals surface area contributed by atoms with Crippen LogP contribution in [0.4, 0.5) is 62.9 Å². The van der Waals surface area contributed by atoms with Gasteiger partial charge in [0.1, 0.15) is 55.4 Å². The Morgan fingerprint density at radius 3 is 1.03 bits per heavy atom. The quantitative estimate of drug-likeness (QED) is 0.0384. The summed E-state index contributed by atoms with van der Waals surface area (Å²) in [5.41, 5.74) is 42.8. The number of nitrogens with two attached hydrogens (primary N) is 6. The van der Waals surface area contributed by atoms with Crippen LogP contribution in [0.1, 0.15) is 6.42 Å². The van der Waals surface area contributed by atoms with Crippen LogP contribution in [0.15, 0.2) is 182 Å². The normalized spacial score (nSPS) is 29.0. The largest absolute Gasteiger partial charge is 0.446 e. The molecule has 18 N–H and O–H groups in total. The maximum absolute atomic E-state index is 14.5. The Morgan fingerprint density at radius 2 is 0.649 bits per heavy atom. The van der Waals surface area contributed by atoms with Crippen molar-refractivity contribution in [2.75, 3.05) is 58.7 Å². The first-order valence-electron chi connectivity index (χ1n) is 31.0. The number of hydrogen-bond acceptors (Lipinski definition) is 25. The van der Waals surface area contributed by atoms with Crippen LogP contribution in [0.2, 0.25) is 0 Å². The fourth-order valence-corrected chi connectivity index (χ4v) is 11.4. The van der Waals surface area contributed by atoms with E-state index in [1.54, 1.807) is 182 Å². The maximum atomic E-state index is 14.5. The lowest BCUT2D eigenvalue weighted by atomic mass is 9.84.